The summed E-state index contributed by atoms with van der Waals surface area (Å²) < 4.78 is 10.7. The maximum absolute atomic E-state index is 12.1. The third kappa shape index (κ3) is 3.66. The molecule has 0 bridgehead atoms. The van der Waals surface area contributed by atoms with Crippen molar-refractivity contribution in [2.75, 3.05) is 40.0 Å². The lowest BCUT2D eigenvalue weighted by Crippen LogP contribution is -2.48. The van der Waals surface area contributed by atoms with Crippen LogP contribution in [0, 0.1) is 0 Å². The number of nitrogens with one attached hydrogen (secondary N) is 1. The second kappa shape index (κ2) is 6.33. The van der Waals surface area contributed by atoms with Crippen LogP contribution in [0.1, 0.15) is 19.3 Å². The molecule has 17 heavy (non-hydrogen) atoms. The molecule has 0 aliphatic carbocycles. The van der Waals surface area contributed by atoms with Gasteiger partial charge >= 0.3 is 0 Å². The molecular weight excluding hydrogens is 220 g/mol. The second-order valence-electron chi connectivity index (χ2n) is 4.77. The number of rotatable bonds is 3. The Hall–Kier alpha value is -0.650. The van der Waals surface area contributed by atoms with E-state index in [4.69, 9.17) is 9.47 Å². The molecule has 1 amide bonds. The van der Waals surface area contributed by atoms with Gasteiger partial charge in [-0.15, -0.1) is 0 Å². The van der Waals surface area contributed by atoms with Crippen LogP contribution < -0.4 is 5.32 Å². The van der Waals surface area contributed by atoms with Crippen molar-refractivity contribution in [1.82, 2.24) is 10.2 Å². The van der Waals surface area contributed by atoms with Crippen LogP contribution >= 0.6 is 0 Å². The van der Waals surface area contributed by atoms with Gasteiger partial charge < -0.3 is 19.7 Å². The van der Waals surface area contributed by atoms with Gasteiger partial charge in [-0.1, -0.05) is 0 Å². The standard InChI is InChI=1S/C12H22N2O3/c1-16-11-3-2-5-14(8-11)12(15)7-10-9-17-6-4-13-10/h10-11,13H,2-9H2,1H3. The summed E-state index contributed by atoms with van der Waals surface area (Å²) in [6, 6.07) is 0.180. The van der Waals surface area contributed by atoms with E-state index in [1.54, 1.807) is 7.11 Å². The molecular formula is C12H22N2O3. The molecule has 98 valence electrons. The molecule has 2 heterocycles. The highest BCUT2D eigenvalue weighted by molar-refractivity contribution is 5.77. The molecule has 2 aliphatic rings. The molecule has 2 aliphatic heterocycles. The lowest BCUT2D eigenvalue weighted by molar-refractivity contribution is -0.136. The number of ether oxygens (including phenoxy) is 2. The Morgan fingerprint density at radius 3 is 3.18 bits per heavy atom. The Morgan fingerprint density at radius 1 is 1.59 bits per heavy atom. The topological polar surface area (TPSA) is 50.8 Å². The highest BCUT2D eigenvalue weighted by atomic mass is 16.5. The predicted octanol–water partition coefficient (Wildman–Crippen LogP) is 0.00230. The summed E-state index contributed by atoms with van der Waals surface area (Å²) in [6.07, 6.45) is 2.85. The molecule has 2 fully saturated rings. The molecule has 2 unspecified atom stereocenters. The van der Waals surface area contributed by atoms with E-state index >= 15 is 0 Å². The number of likely N-dealkylation sites (tertiary alicyclic amines) is 1. The van der Waals surface area contributed by atoms with Crippen LogP contribution in [0.2, 0.25) is 0 Å². The van der Waals surface area contributed by atoms with Crippen molar-refractivity contribution in [3.63, 3.8) is 0 Å². The molecule has 2 saturated heterocycles. The van der Waals surface area contributed by atoms with E-state index in [2.05, 4.69) is 5.32 Å². The summed E-state index contributed by atoms with van der Waals surface area (Å²) >= 11 is 0. The molecule has 0 saturated carbocycles. The van der Waals surface area contributed by atoms with Gasteiger partial charge in [0.05, 0.1) is 19.3 Å². The minimum absolute atomic E-state index is 0.180. The first-order valence-corrected chi connectivity index (χ1v) is 6.41. The van der Waals surface area contributed by atoms with E-state index in [1.807, 2.05) is 4.90 Å². The number of morpholine rings is 1. The fraction of sp³-hybridized carbons (Fsp3) is 0.917. The van der Waals surface area contributed by atoms with Crippen molar-refractivity contribution < 1.29 is 14.3 Å². The lowest BCUT2D eigenvalue weighted by atomic mass is 10.1. The molecule has 0 aromatic carbocycles. The first-order chi connectivity index (χ1) is 8.29. The van der Waals surface area contributed by atoms with Crippen LogP contribution in [-0.2, 0) is 14.3 Å². The van der Waals surface area contributed by atoms with Gasteiger partial charge in [0.2, 0.25) is 5.91 Å². The predicted molar refractivity (Wildman–Crippen MR) is 63.8 cm³/mol. The number of piperidine rings is 1. The van der Waals surface area contributed by atoms with Crippen molar-refractivity contribution in [3.05, 3.63) is 0 Å². The number of amides is 1. The van der Waals surface area contributed by atoms with Gasteiger partial charge in [0.25, 0.3) is 0 Å². The Balaban J connectivity index is 1.78. The zero-order chi connectivity index (χ0) is 12.1. The molecule has 0 aromatic heterocycles. The Morgan fingerprint density at radius 2 is 2.47 bits per heavy atom. The Kier molecular flexibility index (Phi) is 4.76. The molecule has 2 rings (SSSR count). The second-order valence-corrected chi connectivity index (χ2v) is 4.77. The number of nitrogens with zero attached hydrogens (tertiary/aromatic N) is 1. The zero-order valence-corrected chi connectivity index (χ0v) is 10.5. The molecule has 2 atom stereocenters. The van der Waals surface area contributed by atoms with Gasteiger partial charge in [0, 0.05) is 39.2 Å². The summed E-state index contributed by atoms with van der Waals surface area (Å²) in [5.74, 6) is 0.217. The Labute approximate surface area is 102 Å². The van der Waals surface area contributed by atoms with E-state index < -0.39 is 0 Å². The minimum atomic E-state index is 0.180. The number of hydrogen-bond donors (Lipinski definition) is 1. The zero-order valence-electron chi connectivity index (χ0n) is 10.5. The maximum atomic E-state index is 12.1. The first-order valence-electron chi connectivity index (χ1n) is 6.41. The van der Waals surface area contributed by atoms with Crippen LogP contribution in [0.15, 0.2) is 0 Å². The van der Waals surface area contributed by atoms with Gasteiger partial charge in [-0.3, -0.25) is 4.79 Å². The number of carbonyl (C=O) groups excluding carboxylic acids is 1. The monoisotopic (exact) mass is 242 g/mol. The number of hydrogen-bond acceptors (Lipinski definition) is 4. The van der Waals surface area contributed by atoms with E-state index in [0.29, 0.717) is 13.0 Å². The highest BCUT2D eigenvalue weighted by Gasteiger charge is 2.25. The van der Waals surface area contributed by atoms with Gasteiger partial charge in [-0.25, -0.2) is 0 Å². The normalized spacial score (nSPS) is 30.3. The van der Waals surface area contributed by atoms with E-state index in [-0.39, 0.29) is 18.1 Å². The fourth-order valence-electron chi connectivity index (χ4n) is 2.45. The van der Waals surface area contributed by atoms with E-state index in [9.17, 15) is 4.79 Å². The van der Waals surface area contributed by atoms with Gasteiger partial charge in [-0.05, 0) is 12.8 Å². The van der Waals surface area contributed by atoms with Gasteiger partial charge in [0.1, 0.15) is 0 Å². The quantitative estimate of drug-likeness (QED) is 0.757. The average Bonchev–Trinajstić information content (AvgIpc) is 2.40. The highest BCUT2D eigenvalue weighted by Crippen LogP contribution is 2.14. The third-order valence-electron chi connectivity index (χ3n) is 3.48. The smallest absolute Gasteiger partial charge is 0.224 e. The molecule has 0 aromatic rings. The molecule has 5 nitrogen and oxygen atoms in total. The summed E-state index contributed by atoms with van der Waals surface area (Å²) in [5, 5.41) is 3.31. The van der Waals surface area contributed by atoms with Crippen LogP contribution in [0.4, 0.5) is 0 Å². The van der Waals surface area contributed by atoms with E-state index in [1.165, 1.54) is 0 Å². The Bertz CT molecular complexity index is 254. The number of methoxy groups -OCH3 is 1. The third-order valence-corrected chi connectivity index (χ3v) is 3.48. The summed E-state index contributed by atoms with van der Waals surface area (Å²) in [6.45, 7) is 3.85. The van der Waals surface area contributed by atoms with Crippen LogP contribution in [0.5, 0.6) is 0 Å². The summed E-state index contributed by atoms with van der Waals surface area (Å²) in [5.41, 5.74) is 0. The van der Waals surface area contributed by atoms with Crippen molar-refractivity contribution in [1.29, 1.82) is 0 Å². The molecule has 1 N–H and O–H groups in total. The molecule has 5 heteroatoms. The van der Waals surface area contributed by atoms with E-state index in [0.717, 1.165) is 39.1 Å². The van der Waals surface area contributed by atoms with Gasteiger partial charge in [-0.2, -0.15) is 0 Å². The largest absolute Gasteiger partial charge is 0.380 e. The van der Waals surface area contributed by atoms with Gasteiger partial charge in [0.15, 0.2) is 0 Å². The van der Waals surface area contributed by atoms with Crippen molar-refractivity contribution in [2.45, 2.75) is 31.4 Å². The van der Waals surface area contributed by atoms with Crippen LogP contribution in [0.25, 0.3) is 0 Å². The van der Waals surface area contributed by atoms with Crippen molar-refractivity contribution >= 4 is 5.91 Å². The molecule has 0 spiro atoms. The molecule has 0 radical (unpaired) electrons. The van der Waals surface area contributed by atoms with Crippen molar-refractivity contribution in [2.24, 2.45) is 0 Å². The fourth-order valence-corrected chi connectivity index (χ4v) is 2.45. The number of carbonyl (C=O) groups is 1. The SMILES string of the molecule is COC1CCCN(C(=O)CC2COCCN2)C1. The van der Waals surface area contributed by atoms with Crippen LogP contribution in [-0.4, -0.2) is 62.9 Å². The lowest BCUT2D eigenvalue weighted by Gasteiger charge is -2.33. The van der Waals surface area contributed by atoms with Crippen molar-refractivity contribution in [3.8, 4) is 0 Å². The van der Waals surface area contributed by atoms with Crippen LogP contribution in [0.3, 0.4) is 0 Å². The summed E-state index contributed by atoms with van der Waals surface area (Å²) in [4.78, 5) is 14.0. The first kappa shape index (κ1) is 12.8. The average molecular weight is 242 g/mol. The summed E-state index contributed by atoms with van der Waals surface area (Å²) in [7, 11) is 1.72. The minimum Gasteiger partial charge on any atom is -0.380 e. The maximum Gasteiger partial charge on any atom is 0.224 e.